The van der Waals surface area contributed by atoms with Crippen LogP contribution in [0.25, 0.3) is 18.2 Å². The van der Waals surface area contributed by atoms with E-state index in [1.807, 2.05) is 24.3 Å². The number of benzene rings is 3. The average Bonchev–Trinajstić information content (AvgIpc) is 3.17. The highest BCUT2D eigenvalue weighted by atomic mass is 16.1. The topological polar surface area (TPSA) is 60.2 Å². The number of rotatable bonds is 4. The largest absolute Gasteiger partial charge is 0.366 e. The van der Waals surface area contributed by atoms with Crippen molar-refractivity contribution in [3.05, 3.63) is 112 Å². The van der Waals surface area contributed by atoms with Crippen molar-refractivity contribution in [2.45, 2.75) is 44.9 Å². The maximum absolute atomic E-state index is 13.7. The molecule has 3 aliphatic carbocycles. The van der Waals surface area contributed by atoms with Gasteiger partial charge < -0.3 is 5.73 Å². The van der Waals surface area contributed by atoms with Gasteiger partial charge in [0, 0.05) is 11.0 Å². The molecule has 2 fully saturated rings. The van der Waals surface area contributed by atoms with E-state index in [2.05, 4.69) is 61.5 Å². The summed E-state index contributed by atoms with van der Waals surface area (Å²) in [5.41, 5.74) is 12.9. The molecule has 2 N–H and O–H groups in total. The van der Waals surface area contributed by atoms with Crippen molar-refractivity contribution >= 4 is 29.9 Å². The fourth-order valence-corrected chi connectivity index (χ4v) is 7.24. The molecule has 37 heavy (non-hydrogen) atoms. The maximum Gasteiger partial charge on any atom is 0.248 e. The second-order valence-electron chi connectivity index (χ2n) is 11.3. The molecule has 3 nitrogen and oxygen atoms in total. The van der Waals surface area contributed by atoms with Crippen LogP contribution in [0.4, 0.5) is 0 Å². The first-order valence-electron chi connectivity index (χ1n) is 13.4. The van der Waals surface area contributed by atoms with Crippen molar-refractivity contribution in [1.29, 1.82) is 0 Å². The zero-order valence-electron chi connectivity index (χ0n) is 21.3. The van der Waals surface area contributed by atoms with E-state index in [4.69, 9.17) is 5.73 Å². The van der Waals surface area contributed by atoms with Crippen molar-refractivity contribution in [2.75, 3.05) is 0 Å². The van der Waals surface area contributed by atoms with Gasteiger partial charge in [0.2, 0.25) is 5.91 Å². The number of carbonyl (C=O) groups excluding carboxylic acids is 2. The predicted octanol–water partition coefficient (Wildman–Crippen LogP) is 7.07. The normalized spacial score (nSPS) is 27.6. The Morgan fingerprint density at radius 1 is 0.919 bits per heavy atom. The van der Waals surface area contributed by atoms with Crippen LogP contribution < -0.4 is 5.73 Å². The highest BCUT2D eigenvalue weighted by Gasteiger charge is 2.56. The zero-order chi connectivity index (χ0) is 25.6. The van der Waals surface area contributed by atoms with Gasteiger partial charge in [0.25, 0.3) is 0 Å². The molecule has 6 rings (SSSR count). The van der Waals surface area contributed by atoms with E-state index in [1.54, 1.807) is 12.1 Å². The SMILES string of the molecule is CC12CCC3c4ccc(C=Cc5ccccc5)cc4CCC3C1CC(=Cc1cccc(C(N)=O)c1)C2=O. The van der Waals surface area contributed by atoms with E-state index in [0.717, 1.165) is 43.2 Å². The summed E-state index contributed by atoms with van der Waals surface area (Å²) in [5, 5.41) is 0. The molecule has 0 heterocycles. The fraction of sp³-hybridized carbons (Fsp3) is 0.294. The predicted molar refractivity (Wildman–Crippen MR) is 150 cm³/mol. The number of hydrogen-bond donors (Lipinski definition) is 1. The van der Waals surface area contributed by atoms with Crippen molar-refractivity contribution in [2.24, 2.45) is 23.0 Å². The Morgan fingerprint density at radius 2 is 1.70 bits per heavy atom. The Labute approximate surface area is 219 Å². The average molecular weight is 488 g/mol. The maximum atomic E-state index is 13.7. The first-order chi connectivity index (χ1) is 17.9. The summed E-state index contributed by atoms with van der Waals surface area (Å²) in [5.74, 6) is 1.28. The molecule has 3 aromatic rings. The number of primary amides is 1. The van der Waals surface area contributed by atoms with Gasteiger partial charge in [-0.2, -0.15) is 0 Å². The minimum absolute atomic E-state index is 0.288. The summed E-state index contributed by atoms with van der Waals surface area (Å²) in [7, 11) is 0. The molecule has 3 aliphatic rings. The smallest absolute Gasteiger partial charge is 0.248 e. The molecule has 0 bridgehead atoms. The van der Waals surface area contributed by atoms with Gasteiger partial charge in [0.1, 0.15) is 0 Å². The van der Waals surface area contributed by atoms with Gasteiger partial charge in [-0.1, -0.05) is 79.7 Å². The highest BCUT2D eigenvalue weighted by Crippen LogP contribution is 2.60. The van der Waals surface area contributed by atoms with Gasteiger partial charge >= 0.3 is 0 Å². The molecule has 3 aromatic carbocycles. The number of allylic oxidation sites excluding steroid dienone is 1. The van der Waals surface area contributed by atoms with E-state index in [-0.39, 0.29) is 5.41 Å². The Morgan fingerprint density at radius 3 is 2.51 bits per heavy atom. The molecule has 3 heteroatoms. The second kappa shape index (κ2) is 9.30. The summed E-state index contributed by atoms with van der Waals surface area (Å²) in [6.07, 6.45) is 11.4. The Kier molecular flexibility index (Phi) is 5.95. The van der Waals surface area contributed by atoms with Crippen LogP contribution >= 0.6 is 0 Å². The Balaban J connectivity index is 1.25. The van der Waals surface area contributed by atoms with Crippen LogP contribution in [0.15, 0.2) is 78.4 Å². The van der Waals surface area contributed by atoms with Gasteiger partial charge in [-0.05, 0) is 101 Å². The number of aryl methyl sites for hydroxylation is 1. The van der Waals surface area contributed by atoms with Crippen LogP contribution in [-0.2, 0) is 11.2 Å². The van der Waals surface area contributed by atoms with Crippen molar-refractivity contribution in [3.8, 4) is 0 Å². The molecule has 0 spiro atoms. The molecule has 4 unspecified atom stereocenters. The molecule has 2 saturated carbocycles. The summed E-state index contributed by atoms with van der Waals surface area (Å²) < 4.78 is 0. The van der Waals surface area contributed by atoms with Gasteiger partial charge in [-0.3, -0.25) is 9.59 Å². The molecule has 186 valence electrons. The monoisotopic (exact) mass is 487 g/mol. The minimum Gasteiger partial charge on any atom is -0.366 e. The number of ketones is 1. The summed E-state index contributed by atoms with van der Waals surface area (Å²) >= 11 is 0. The molecule has 4 atom stereocenters. The molecule has 0 aliphatic heterocycles. The van der Waals surface area contributed by atoms with E-state index in [1.165, 1.54) is 22.3 Å². The summed E-state index contributed by atoms with van der Waals surface area (Å²) in [4.78, 5) is 25.3. The lowest BCUT2D eigenvalue weighted by molar-refractivity contribution is -0.127. The van der Waals surface area contributed by atoms with E-state index >= 15 is 0 Å². The summed E-state index contributed by atoms with van der Waals surface area (Å²) in [6, 6.07) is 24.7. The fourth-order valence-electron chi connectivity index (χ4n) is 7.24. The van der Waals surface area contributed by atoms with E-state index < -0.39 is 5.91 Å². The number of hydrogen-bond acceptors (Lipinski definition) is 2. The number of Topliss-reactive ketones (excluding diaryl/α,β-unsaturated/α-hetero) is 1. The molecule has 0 radical (unpaired) electrons. The number of fused-ring (bicyclic) bond motifs is 5. The standard InChI is InChI=1S/C34H33NO2/c1-34-17-16-29-28-14-12-23(11-10-22-6-3-2-4-7-22)18-25(28)13-15-30(29)31(34)21-27(32(34)36)20-24-8-5-9-26(19-24)33(35)37/h2-12,14,18-20,29-31H,13,15-17,21H2,1H3,(H2,35,37). The lowest BCUT2D eigenvalue weighted by Gasteiger charge is -2.48. The van der Waals surface area contributed by atoms with E-state index in [9.17, 15) is 9.59 Å². The molecule has 0 saturated heterocycles. The highest BCUT2D eigenvalue weighted by molar-refractivity contribution is 6.06. The van der Waals surface area contributed by atoms with Crippen LogP contribution in [0, 0.1) is 17.3 Å². The Bertz CT molecular complexity index is 1430. The van der Waals surface area contributed by atoms with Crippen LogP contribution in [0.5, 0.6) is 0 Å². The van der Waals surface area contributed by atoms with Crippen LogP contribution in [0.2, 0.25) is 0 Å². The molecular formula is C34H33NO2. The molecular weight excluding hydrogens is 454 g/mol. The second-order valence-corrected chi connectivity index (χ2v) is 11.3. The first-order valence-corrected chi connectivity index (χ1v) is 13.4. The van der Waals surface area contributed by atoms with E-state index in [0.29, 0.717) is 29.1 Å². The minimum atomic E-state index is -0.443. The lowest BCUT2D eigenvalue weighted by Crippen LogP contribution is -2.42. The number of amides is 1. The zero-order valence-corrected chi connectivity index (χ0v) is 21.3. The van der Waals surface area contributed by atoms with Gasteiger partial charge in [-0.25, -0.2) is 0 Å². The number of nitrogens with two attached hydrogens (primary N) is 1. The van der Waals surface area contributed by atoms with Crippen molar-refractivity contribution < 1.29 is 9.59 Å². The van der Waals surface area contributed by atoms with Crippen LogP contribution in [0.1, 0.15) is 76.7 Å². The van der Waals surface area contributed by atoms with Gasteiger partial charge in [0.05, 0.1) is 0 Å². The summed E-state index contributed by atoms with van der Waals surface area (Å²) in [6.45, 7) is 2.20. The Hall–Kier alpha value is -3.72. The van der Waals surface area contributed by atoms with Gasteiger partial charge in [0.15, 0.2) is 5.78 Å². The van der Waals surface area contributed by atoms with Crippen molar-refractivity contribution in [1.82, 2.24) is 0 Å². The quantitative estimate of drug-likeness (QED) is 0.316. The third-order valence-electron chi connectivity index (χ3n) is 9.17. The lowest BCUT2D eigenvalue weighted by atomic mass is 9.55. The number of carbonyl (C=O) groups is 2. The van der Waals surface area contributed by atoms with Crippen LogP contribution in [-0.4, -0.2) is 11.7 Å². The third-order valence-corrected chi connectivity index (χ3v) is 9.17. The van der Waals surface area contributed by atoms with Crippen LogP contribution in [0.3, 0.4) is 0 Å². The molecule has 1 amide bonds. The first kappa shape index (κ1) is 23.7. The third kappa shape index (κ3) is 4.27. The van der Waals surface area contributed by atoms with Gasteiger partial charge in [-0.15, -0.1) is 0 Å². The molecule has 0 aromatic heterocycles. The van der Waals surface area contributed by atoms with Crippen molar-refractivity contribution in [3.63, 3.8) is 0 Å².